The molecule has 1 fully saturated rings. The van der Waals surface area contributed by atoms with Gasteiger partial charge in [-0.3, -0.25) is 4.79 Å². The van der Waals surface area contributed by atoms with E-state index in [0.29, 0.717) is 11.3 Å². The fourth-order valence-electron chi connectivity index (χ4n) is 2.88. The van der Waals surface area contributed by atoms with Crippen molar-refractivity contribution in [1.82, 2.24) is 20.4 Å². The number of benzene rings is 1. The molecule has 1 heterocycles. The van der Waals surface area contributed by atoms with Crippen LogP contribution in [0.25, 0.3) is 5.69 Å². The van der Waals surface area contributed by atoms with Crippen molar-refractivity contribution in [1.29, 1.82) is 0 Å². The number of anilines is 1. The third kappa shape index (κ3) is 4.44. The Morgan fingerprint density at radius 1 is 1.32 bits per heavy atom. The summed E-state index contributed by atoms with van der Waals surface area (Å²) in [6, 6.07) is 5.69. The third-order valence-electron chi connectivity index (χ3n) is 4.89. The maximum absolute atomic E-state index is 12.3. The molecule has 8 nitrogen and oxygen atoms in total. The van der Waals surface area contributed by atoms with Crippen LogP contribution in [0.15, 0.2) is 24.4 Å². The van der Waals surface area contributed by atoms with Crippen molar-refractivity contribution in [3.63, 3.8) is 0 Å². The summed E-state index contributed by atoms with van der Waals surface area (Å²) in [5, 5.41) is 10.0. The molecule has 0 aliphatic heterocycles. The Hall–Kier alpha value is -3.03. The van der Waals surface area contributed by atoms with Crippen LogP contribution in [0, 0.1) is 6.92 Å². The topological polar surface area (TPSA) is 111 Å². The fraction of sp³-hybridized carbons (Fsp3) is 0.450. The number of carbonyl (C=O) groups is 2. The molecule has 1 aromatic heterocycles. The number of rotatable bonds is 7. The van der Waals surface area contributed by atoms with Gasteiger partial charge in [0, 0.05) is 17.6 Å². The van der Waals surface area contributed by atoms with Gasteiger partial charge in [-0.1, -0.05) is 19.9 Å². The second kappa shape index (κ2) is 8.33. The first kappa shape index (κ1) is 19.7. The number of nitrogens with one attached hydrogen (secondary N) is 2. The minimum Gasteiger partial charge on any atom is -0.405 e. The summed E-state index contributed by atoms with van der Waals surface area (Å²) in [6.07, 6.45) is 4.52. The van der Waals surface area contributed by atoms with Crippen LogP contribution in [0.1, 0.15) is 55.5 Å². The average molecular weight is 385 g/mol. The Labute approximate surface area is 164 Å². The molecule has 4 N–H and O–H groups in total. The molecular weight excluding hydrogens is 358 g/mol. The molecule has 0 unspecified atom stereocenters. The first-order valence-electron chi connectivity index (χ1n) is 9.66. The van der Waals surface area contributed by atoms with Crippen LogP contribution in [-0.2, 0) is 0 Å². The number of nitrogens with two attached hydrogens (primary N) is 1. The van der Waals surface area contributed by atoms with Crippen molar-refractivity contribution in [3.05, 3.63) is 35.5 Å². The van der Waals surface area contributed by atoms with Crippen molar-refractivity contribution >= 4 is 17.8 Å². The largest absolute Gasteiger partial charge is 0.413 e. The molecule has 0 radical (unpaired) electrons. The van der Waals surface area contributed by atoms with Crippen LogP contribution >= 0.6 is 0 Å². The standard InChI is InChI=1S/C20H27N5O3/c1-4-14(5-2)24-20(27)28-17-11-22-25(18(17)21)16-10-13(7-6-12(16)3)19(26)23-15-8-9-15/h6-7,10-11,14-15H,4-5,8-9,21H2,1-3H3,(H,23,26)(H,24,27). The number of ether oxygens (including phenoxy) is 1. The number of hydrogen-bond acceptors (Lipinski definition) is 5. The number of hydrogen-bond donors (Lipinski definition) is 3. The predicted molar refractivity (Wildman–Crippen MR) is 107 cm³/mol. The van der Waals surface area contributed by atoms with E-state index in [1.807, 2.05) is 26.8 Å². The van der Waals surface area contributed by atoms with E-state index in [2.05, 4.69) is 15.7 Å². The van der Waals surface area contributed by atoms with Gasteiger partial charge in [0.1, 0.15) is 0 Å². The zero-order chi connectivity index (χ0) is 20.3. The number of nitrogens with zero attached hydrogens (tertiary/aromatic N) is 2. The maximum atomic E-state index is 12.3. The molecule has 28 heavy (non-hydrogen) atoms. The Balaban J connectivity index is 1.79. The number of aryl methyl sites for hydroxylation is 1. The van der Waals surface area contributed by atoms with Gasteiger partial charge in [-0.2, -0.15) is 5.10 Å². The molecule has 0 atom stereocenters. The van der Waals surface area contributed by atoms with E-state index in [4.69, 9.17) is 10.5 Å². The highest BCUT2D eigenvalue weighted by atomic mass is 16.6. The van der Waals surface area contributed by atoms with Gasteiger partial charge in [0.15, 0.2) is 11.6 Å². The first-order valence-corrected chi connectivity index (χ1v) is 9.66. The van der Waals surface area contributed by atoms with Crippen LogP contribution in [0.2, 0.25) is 0 Å². The maximum Gasteiger partial charge on any atom is 0.413 e. The van der Waals surface area contributed by atoms with Crippen molar-refractivity contribution in [3.8, 4) is 11.4 Å². The number of carbonyl (C=O) groups excluding carboxylic acids is 2. The molecule has 1 saturated carbocycles. The molecule has 0 bridgehead atoms. The summed E-state index contributed by atoms with van der Waals surface area (Å²) < 4.78 is 6.80. The fourth-order valence-corrected chi connectivity index (χ4v) is 2.88. The molecule has 0 spiro atoms. The number of aromatic nitrogens is 2. The van der Waals surface area contributed by atoms with Gasteiger partial charge in [-0.05, 0) is 50.3 Å². The monoisotopic (exact) mass is 385 g/mol. The Morgan fingerprint density at radius 3 is 2.68 bits per heavy atom. The molecule has 8 heteroatoms. The Morgan fingerprint density at radius 2 is 2.04 bits per heavy atom. The lowest BCUT2D eigenvalue weighted by atomic mass is 10.1. The highest BCUT2D eigenvalue weighted by molar-refractivity contribution is 5.95. The van der Waals surface area contributed by atoms with Crippen molar-refractivity contribution in [2.45, 2.75) is 58.5 Å². The van der Waals surface area contributed by atoms with Crippen molar-refractivity contribution in [2.24, 2.45) is 0 Å². The van der Waals surface area contributed by atoms with Gasteiger partial charge in [0.05, 0.1) is 11.9 Å². The molecular formula is C20H27N5O3. The minimum absolute atomic E-state index is 0.0488. The molecule has 150 valence electrons. The summed E-state index contributed by atoms with van der Waals surface area (Å²) in [6.45, 7) is 5.89. The van der Waals surface area contributed by atoms with Gasteiger partial charge in [0.2, 0.25) is 0 Å². The highest BCUT2D eigenvalue weighted by Crippen LogP contribution is 2.27. The van der Waals surface area contributed by atoms with E-state index in [9.17, 15) is 9.59 Å². The van der Waals surface area contributed by atoms with E-state index in [-0.39, 0.29) is 29.6 Å². The summed E-state index contributed by atoms with van der Waals surface area (Å²) in [5.41, 5.74) is 8.26. The first-order chi connectivity index (χ1) is 13.4. The lowest BCUT2D eigenvalue weighted by molar-refractivity contribution is 0.0951. The highest BCUT2D eigenvalue weighted by Gasteiger charge is 2.24. The molecule has 1 aliphatic carbocycles. The zero-order valence-corrected chi connectivity index (χ0v) is 16.5. The second-order valence-electron chi connectivity index (χ2n) is 7.10. The van der Waals surface area contributed by atoms with Crippen LogP contribution in [0.4, 0.5) is 10.6 Å². The summed E-state index contributed by atoms with van der Waals surface area (Å²) >= 11 is 0. The summed E-state index contributed by atoms with van der Waals surface area (Å²) in [4.78, 5) is 24.4. The Kier molecular flexibility index (Phi) is 5.87. The van der Waals surface area contributed by atoms with Gasteiger partial charge in [-0.25, -0.2) is 9.48 Å². The smallest absolute Gasteiger partial charge is 0.405 e. The molecule has 2 aromatic rings. The SMILES string of the molecule is CCC(CC)NC(=O)Oc1cnn(-c2cc(C(=O)NC3CC3)ccc2C)c1N. The van der Waals surface area contributed by atoms with Crippen LogP contribution in [0.3, 0.4) is 0 Å². The Bertz CT molecular complexity index is 869. The van der Waals surface area contributed by atoms with E-state index in [1.165, 1.54) is 10.9 Å². The van der Waals surface area contributed by atoms with E-state index in [1.54, 1.807) is 12.1 Å². The quantitative estimate of drug-likeness (QED) is 0.678. The molecule has 3 rings (SSSR count). The molecule has 1 aliphatic rings. The summed E-state index contributed by atoms with van der Waals surface area (Å²) in [7, 11) is 0. The average Bonchev–Trinajstić information content (AvgIpc) is 3.43. The second-order valence-corrected chi connectivity index (χ2v) is 7.10. The minimum atomic E-state index is -0.561. The van der Waals surface area contributed by atoms with Crippen LogP contribution < -0.4 is 21.1 Å². The molecule has 1 aromatic carbocycles. The van der Waals surface area contributed by atoms with E-state index < -0.39 is 6.09 Å². The van der Waals surface area contributed by atoms with Crippen LogP contribution in [0.5, 0.6) is 5.75 Å². The van der Waals surface area contributed by atoms with Crippen LogP contribution in [-0.4, -0.2) is 33.9 Å². The lowest BCUT2D eigenvalue weighted by Gasteiger charge is -2.14. The van der Waals surface area contributed by atoms with E-state index in [0.717, 1.165) is 31.2 Å². The van der Waals surface area contributed by atoms with Gasteiger partial charge >= 0.3 is 6.09 Å². The van der Waals surface area contributed by atoms with Gasteiger partial charge < -0.3 is 21.1 Å². The van der Waals surface area contributed by atoms with Gasteiger partial charge in [0.25, 0.3) is 5.91 Å². The predicted octanol–water partition coefficient (Wildman–Crippen LogP) is 2.93. The third-order valence-corrected chi connectivity index (χ3v) is 4.89. The lowest BCUT2D eigenvalue weighted by Crippen LogP contribution is -2.36. The normalized spacial score (nSPS) is 13.4. The summed E-state index contributed by atoms with van der Waals surface area (Å²) in [5.74, 6) is 0.258. The van der Waals surface area contributed by atoms with E-state index >= 15 is 0 Å². The van der Waals surface area contributed by atoms with Crippen molar-refractivity contribution in [2.75, 3.05) is 5.73 Å². The van der Waals surface area contributed by atoms with Gasteiger partial charge in [-0.15, -0.1) is 0 Å². The number of amides is 2. The molecule has 0 saturated heterocycles. The molecule has 2 amide bonds. The number of nitrogen functional groups attached to an aromatic ring is 1. The zero-order valence-electron chi connectivity index (χ0n) is 16.5. The van der Waals surface area contributed by atoms with Crippen molar-refractivity contribution < 1.29 is 14.3 Å².